The number of methoxy groups -OCH3 is 1. The molecule has 0 aromatic heterocycles. The number of ether oxygens (including phenoxy) is 1. The summed E-state index contributed by atoms with van der Waals surface area (Å²) in [7, 11) is 1.62. The van der Waals surface area contributed by atoms with Crippen LogP contribution in [0.15, 0.2) is 44.7 Å². The lowest BCUT2D eigenvalue weighted by molar-refractivity contribution is -0.121. The molecule has 192 valence electrons. The maximum Gasteiger partial charge on any atom is 0.412 e. The van der Waals surface area contributed by atoms with Crippen molar-refractivity contribution in [3.8, 4) is 0 Å². The van der Waals surface area contributed by atoms with Gasteiger partial charge in [0.25, 0.3) is 0 Å². The number of nitrogens with zero attached hydrogens (tertiary/aromatic N) is 2. The molecule has 4 unspecified atom stereocenters. The number of alkyl halides is 3. The standard InChI is InChI=1S/C26H35F3N4O2/c1-14(10-24(34)33-19-8-9-19)20-12-21-22(13-23(20)35-4)31-16(3)32-25(21)30-15(2)17-6-5-7-18(11-17)26(27,28)29/h11,13-15,17,19,21H,5-10,12H2,1-4H3,(H,33,34)(H,30,31,32). The van der Waals surface area contributed by atoms with Crippen molar-refractivity contribution in [3.63, 3.8) is 0 Å². The lowest BCUT2D eigenvalue weighted by Crippen LogP contribution is -2.38. The van der Waals surface area contributed by atoms with E-state index in [1.165, 1.54) is 6.08 Å². The van der Waals surface area contributed by atoms with E-state index in [4.69, 9.17) is 9.73 Å². The topological polar surface area (TPSA) is 75.1 Å². The third-order valence-electron chi connectivity index (χ3n) is 7.29. The van der Waals surface area contributed by atoms with Gasteiger partial charge in [-0.1, -0.05) is 13.0 Å². The highest BCUT2D eigenvalue weighted by Gasteiger charge is 2.37. The Kier molecular flexibility index (Phi) is 7.43. The summed E-state index contributed by atoms with van der Waals surface area (Å²) in [5.41, 5.74) is 1.49. The van der Waals surface area contributed by atoms with Crippen molar-refractivity contribution in [3.05, 3.63) is 34.8 Å². The third-order valence-corrected chi connectivity index (χ3v) is 7.29. The first-order valence-corrected chi connectivity index (χ1v) is 12.5. The summed E-state index contributed by atoms with van der Waals surface area (Å²) >= 11 is 0. The smallest absolute Gasteiger partial charge is 0.412 e. The first-order valence-electron chi connectivity index (χ1n) is 12.5. The highest BCUT2D eigenvalue weighted by molar-refractivity contribution is 6.02. The number of nitrogens with one attached hydrogen (secondary N) is 2. The summed E-state index contributed by atoms with van der Waals surface area (Å²) in [4.78, 5) is 21.9. The summed E-state index contributed by atoms with van der Waals surface area (Å²) in [5, 5.41) is 6.35. The number of hydrogen-bond acceptors (Lipinski definition) is 4. The van der Waals surface area contributed by atoms with Crippen LogP contribution in [0.4, 0.5) is 13.2 Å². The van der Waals surface area contributed by atoms with E-state index in [1.54, 1.807) is 7.11 Å². The van der Waals surface area contributed by atoms with Gasteiger partial charge in [-0.3, -0.25) is 9.79 Å². The zero-order valence-electron chi connectivity index (χ0n) is 20.8. The summed E-state index contributed by atoms with van der Waals surface area (Å²) in [6.45, 7) is 5.74. The Morgan fingerprint density at radius 2 is 2.06 bits per heavy atom. The Morgan fingerprint density at radius 1 is 1.31 bits per heavy atom. The fourth-order valence-corrected chi connectivity index (χ4v) is 5.15. The van der Waals surface area contributed by atoms with E-state index in [1.807, 2.05) is 26.8 Å². The quantitative estimate of drug-likeness (QED) is 0.480. The Bertz CT molecular complexity index is 1000. The second-order valence-corrected chi connectivity index (χ2v) is 10.2. The molecule has 35 heavy (non-hydrogen) atoms. The summed E-state index contributed by atoms with van der Waals surface area (Å²) in [6.07, 6.45) is 3.33. The van der Waals surface area contributed by atoms with Gasteiger partial charge in [-0.15, -0.1) is 0 Å². The molecular weight excluding hydrogens is 457 g/mol. The summed E-state index contributed by atoms with van der Waals surface area (Å²) in [6, 6.07) is -0.00764. The third kappa shape index (κ3) is 6.16. The number of fused-ring (bicyclic) bond motifs is 1. The minimum absolute atomic E-state index is 0.0252. The van der Waals surface area contributed by atoms with E-state index < -0.39 is 11.7 Å². The number of allylic oxidation sites excluding steroid dienone is 3. The molecule has 0 aromatic carbocycles. The Balaban J connectivity index is 1.55. The van der Waals surface area contributed by atoms with Crippen molar-refractivity contribution in [1.82, 2.24) is 10.6 Å². The van der Waals surface area contributed by atoms with Crippen LogP contribution in [0.1, 0.15) is 65.7 Å². The predicted octanol–water partition coefficient (Wildman–Crippen LogP) is 5.19. The average molecular weight is 493 g/mol. The minimum atomic E-state index is -4.29. The lowest BCUT2D eigenvalue weighted by Gasteiger charge is -2.34. The van der Waals surface area contributed by atoms with Crippen LogP contribution >= 0.6 is 0 Å². The van der Waals surface area contributed by atoms with Gasteiger partial charge in [-0.2, -0.15) is 13.2 Å². The van der Waals surface area contributed by atoms with Crippen LogP contribution in [0.3, 0.4) is 0 Å². The second kappa shape index (κ2) is 10.2. The summed E-state index contributed by atoms with van der Waals surface area (Å²) < 4.78 is 45.5. The molecule has 1 amide bonds. The molecule has 9 heteroatoms. The Labute approximate surface area is 204 Å². The zero-order chi connectivity index (χ0) is 25.3. The second-order valence-electron chi connectivity index (χ2n) is 10.2. The van der Waals surface area contributed by atoms with Crippen LogP contribution in [-0.4, -0.2) is 42.9 Å². The fourth-order valence-electron chi connectivity index (χ4n) is 5.15. The molecule has 0 spiro atoms. The monoisotopic (exact) mass is 492 g/mol. The molecule has 1 saturated carbocycles. The van der Waals surface area contributed by atoms with Crippen LogP contribution < -0.4 is 10.6 Å². The number of rotatable bonds is 7. The molecule has 1 aliphatic heterocycles. The average Bonchev–Trinajstić information content (AvgIpc) is 3.61. The number of hydrogen-bond donors (Lipinski definition) is 2. The molecule has 4 aliphatic rings. The number of aliphatic imine (C=N–C) groups is 2. The molecule has 0 aromatic rings. The Morgan fingerprint density at radius 3 is 2.71 bits per heavy atom. The van der Waals surface area contributed by atoms with Gasteiger partial charge in [0.1, 0.15) is 17.4 Å². The molecule has 1 fully saturated rings. The SMILES string of the molecule is COC1=C(C(C)CC(=O)NC2CC2)CC2C(=C1)NC(C)=NC2=NC(C)C1C=C(C(F)(F)F)CCC1. The molecule has 4 atom stereocenters. The zero-order valence-corrected chi connectivity index (χ0v) is 20.8. The van der Waals surface area contributed by atoms with Crippen LogP contribution in [0.5, 0.6) is 0 Å². The molecule has 2 N–H and O–H groups in total. The van der Waals surface area contributed by atoms with E-state index in [0.29, 0.717) is 43.4 Å². The van der Waals surface area contributed by atoms with Crippen LogP contribution in [0.2, 0.25) is 0 Å². The maximum absolute atomic E-state index is 13.3. The van der Waals surface area contributed by atoms with E-state index in [2.05, 4.69) is 15.6 Å². The van der Waals surface area contributed by atoms with E-state index >= 15 is 0 Å². The number of amides is 1. The molecule has 0 radical (unpaired) electrons. The van der Waals surface area contributed by atoms with Gasteiger partial charge in [0, 0.05) is 29.8 Å². The van der Waals surface area contributed by atoms with Gasteiger partial charge < -0.3 is 15.4 Å². The molecule has 4 rings (SSSR count). The summed E-state index contributed by atoms with van der Waals surface area (Å²) in [5.74, 6) is 1.63. The number of carbonyl (C=O) groups is 1. The minimum Gasteiger partial charge on any atom is -0.497 e. The lowest BCUT2D eigenvalue weighted by atomic mass is 9.81. The van der Waals surface area contributed by atoms with Crippen molar-refractivity contribution < 1.29 is 22.7 Å². The van der Waals surface area contributed by atoms with Crippen LogP contribution in [0.25, 0.3) is 0 Å². The first-order chi connectivity index (χ1) is 16.5. The molecular formula is C26H35F3N4O2. The predicted molar refractivity (Wildman–Crippen MR) is 130 cm³/mol. The highest BCUT2D eigenvalue weighted by atomic mass is 19.4. The number of amidine groups is 2. The van der Waals surface area contributed by atoms with Crippen molar-refractivity contribution >= 4 is 17.6 Å². The van der Waals surface area contributed by atoms with Gasteiger partial charge in [0.15, 0.2) is 0 Å². The van der Waals surface area contributed by atoms with Gasteiger partial charge in [0.2, 0.25) is 5.91 Å². The van der Waals surface area contributed by atoms with Crippen LogP contribution in [-0.2, 0) is 9.53 Å². The number of carbonyl (C=O) groups excluding carboxylic acids is 1. The molecule has 3 aliphatic carbocycles. The van der Waals surface area contributed by atoms with Gasteiger partial charge in [0.05, 0.1) is 19.1 Å². The van der Waals surface area contributed by atoms with E-state index in [-0.39, 0.29) is 36.1 Å². The molecule has 0 saturated heterocycles. The van der Waals surface area contributed by atoms with Gasteiger partial charge in [-0.25, -0.2) is 4.99 Å². The van der Waals surface area contributed by atoms with Gasteiger partial charge >= 0.3 is 6.18 Å². The fraction of sp³-hybridized carbons (Fsp3) is 0.654. The molecule has 6 nitrogen and oxygen atoms in total. The largest absolute Gasteiger partial charge is 0.497 e. The maximum atomic E-state index is 13.3. The molecule has 1 heterocycles. The van der Waals surface area contributed by atoms with Crippen molar-refractivity contribution in [2.45, 2.75) is 84.0 Å². The number of halogens is 3. The first kappa shape index (κ1) is 25.5. The van der Waals surface area contributed by atoms with E-state index in [0.717, 1.165) is 29.9 Å². The van der Waals surface area contributed by atoms with Crippen molar-refractivity contribution in [1.29, 1.82) is 0 Å². The molecule has 0 bridgehead atoms. The van der Waals surface area contributed by atoms with E-state index in [9.17, 15) is 18.0 Å². The van der Waals surface area contributed by atoms with Crippen LogP contribution in [0, 0.1) is 17.8 Å². The normalized spacial score (nSPS) is 27.7. The van der Waals surface area contributed by atoms with Crippen molar-refractivity contribution in [2.75, 3.05) is 7.11 Å². The van der Waals surface area contributed by atoms with Crippen molar-refractivity contribution in [2.24, 2.45) is 27.7 Å². The highest BCUT2D eigenvalue weighted by Crippen LogP contribution is 2.39. The Hall–Kier alpha value is -2.58. The van der Waals surface area contributed by atoms with Gasteiger partial charge in [-0.05, 0) is 69.8 Å².